The molecular formula is C17H16N2O2S. The van der Waals surface area contributed by atoms with Gasteiger partial charge in [-0.25, -0.2) is 4.99 Å². The zero-order valence-corrected chi connectivity index (χ0v) is 12.9. The summed E-state index contributed by atoms with van der Waals surface area (Å²) in [6.45, 7) is 1.44. The number of amides is 1. The Labute approximate surface area is 133 Å². The van der Waals surface area contributed by atoms with Crippen LogP contribution in [0.3, 0.4) is 0 Å². The van der Waals surface area contributed by atoms with E-state index in [-0.39, 0.29) is 5.91 Å². The molecule has 1 aliphatic rings. The topological polar surface area (TPSA) is 61.7 Å². The summed E-state index contributed by atoms with van der Waals surface area (Å²) in [7, 11) is 0. The van der Waals surface area contributed by atoms with Gasteiger partial charge in [-0.2, -0.15) is 0 Å². The van der Waals surface area contributed by atoms with E-state index >= 15 is 0 Å². The molecule has 112 valence electrons. The zero-order chi connectivity index (χ0) is 15.6. The normalized spacial score (nSPS) is 23.9. The van der Waals surface area contributed by atoms with Crippen LogP contribution in [0.1, 0.15) is 18.1 Å². The SMILES string of the molecule is CC(=O)NC1SC(c2ccccc2)=NC1(O)c1ccccc1. The van der Waals surface area contributed by atoms with E-state index in [0.717, 1.165) is 5.56 Å². The van der Waals surface area contributed by atoms with Gasteiger partial charge in [0, 0.05) is 18.1 Å². The van der Waals surface area contributed by atoms with Crippen molar-refractivity contribution in [1.29, 1.82) is 0 Å². The van der Waals surface area contributed by atoms with Crippen LogP contribution in [0.15, 0.2) is 65.7 Å². The molecule has 2 aromatic rings. The van der Waals surface area contributed by atoms with E-state index in [2.05, 4.69) is 10.3 Å². The summed E-state index contributed by atoms with van der Waals surface area (Å²) in [5, 5.41) is 14.0. The number of aliphatic hydroxyl groups is 1. The van der Waals surface area contributed by atoms with Crippen molar-refractivity contribution < 1.29 is 9.90 Å². The minimum absolute atomic E-state index is 0.198. The summed E-state index contributed by atoms with van der Waals surface area (Å²) >= 11 is 1.36. The number of nitrogens with one attached hydrogen (secondary N) is 1. The number of benzene rings is 2. The van der Waals surface area contributed by atoms with Gasteiger partial charge in [-0.15, -0.1) is 0 Å². The minimum Gasteiger partial charge on any atom is -0.363 e. The number of rotatable bonds is 3. The number of nitrogens with zero attached hydrogens (tertiary/aromatic N) is 1. The molecule has 0 spiro atoms. The van der Waals surface area contributed by atoms with Crippen LogP contribution < -0.4 is 5.32 Å². The fourth-order valence-corrected chi connectivity index (χ4v) is 3.63. The predicted molar refractivity (Wildman–Crippen MR) is 88.5 cm³/mol. The first-order valence-corrected chi connectivity index (χ1v) is 7.84. The van der Waals surface area contributed by atoms with E-state index in [1.54, 1.807) is 0 Å². The molecule has 2 unspecified atom stereocenters. The number of hydrogen-bond donors (Lipinski definition) is 2. The fourth-order valence-electron chi connectivity index (χ4n) is 2.36. The van der Waals surface area contributed by atoms with Gasteiger partial charge in [0.05, 0.1) is 0 Å². The smallest absolute Gasteiger partial charge is 0.217 e. The first-order valence-electron chi connectivity index (χ1n) is 6.96. The Balaban J connectivity index is 2.03. The number of hydrogen-bond acceptors (Lipinski definition) is 4. The molecule has 0 aliphatic carbocycles. The van der Waals surface area contributed by atoms with Gasteiger partial charge in [-0.1, -0.05) is 72.4 Å². The highest BCUT2D eigenvalue weighted by Gasteiger charge is 2.45. The molecule has 3 rings (SSSR count). The minimum atomic E-state index is -1.47. The molecule has 0 fully saturated rings. The lowest BCUT2D eigenvalue weighted by Crippen LogP contribution is -2.44. The van der Waals surface area contributed by atoms with Crippen molar-refractivity contribution >= 4 is 22.7 Å². The lowest BCUT2D eigenvalue weighted by molar-refractivity contribution is -0.120. The number of carbonyl (C=O) groups is 1. The second-order valence-electron chi connectivity index (χ2n) is 5.07. The second-order valence-corrected chi connectivity index (χ2v) is 6.17. The third-order valence-corrected chi connectivity index (χ3v) is 4.65. The molecule has 1 aliphatic heterocycles. The van der Waals surface area contributed by atoms with Crippen molar-refractivity contribution in [2.75, 3.05) is 0 Å². The Hall–Kier alpha value is -2.11. The number of thioether (sulfide) groups is 1. The molecule has 4 nitrogen and oxygen atoms in total. The summed E-state index contributed by atoms with van der Waals surface area (Å²) < 4.78 is 0. The molecule has 1 heterocycles. The third-order valence-electron chi connectivity index (χ3n) is 3.42. The Morgan fingerprint density at radius 2 is 1.73 bits per heavy atom. The molecule has 1 amide bonds. The van der Waals surface area contributed by atoms with E-state index in [1.165, 1.54) is 18.7 Å². The summed E-state index contributed by atoms with van der Waals surface area (Å²) in [6.07, 6.45) is 0. The Kier molecular flexibility index (Phi) is 4.00. The molecule has 0 bridgehead atoms. The van der Waals surface area contributed by atoms with E-state index in [9.17, 15) is 9.90 Å². The van der Waals surface area contributed by atoms with Crippen LogP contribution in [0.25, 0.3) is 0 Å². The largest absolute Gasteiger partial charge is 0.363 e. The van der Waals surface area contributed by atoms with Crippen LogP contribution in [-0.4, -0.2) is 21.4 Å². The fraction of sp³-hybridized carbons (Fsp3) is 0.176. The molecule has 0 saturated heterocycles. The van der Waals surface area contributed by atoms with Crippen molar-refractivity contribution in [3.8, 4) is 0 Å². The van der Waals surface area contributed by atoms with Crippen LogP contribution >= 0.6 is 11.8 Å². The Bertz CT molecular complexity index is 703. The van der Waals surface area contributed by atoms with Gasteiger partial charge in [-0.3, -0.25) is 4.79 Å². The first kappa shape index (κ1) is 14.8. The van der Waals surface area contributed by atoms with Crippen LogP contribution in [0.4, 0.5) is 0 Å². The van der Waals surface area contributed by atoms with Gasteiger partial charge in [0.15, 0.2) is 0 Å². The third kappa shape index (κ3) is 2.77. The van der Waals surface area contributed by atoms with E-state index in [0.29, 0.717) is 10.6 Å². The van der Waals surface area contributed by atoms with Gasteiger partial charge in [0.1, 0.15) is 10.4 Å². The van der Waals surface area contributed by atoms with Gasteiger partial charge in [-0.05, 0) is 0 Å². The molecule has 2 aromatic carbocycles. The lowest BCUT2D eigenvalue weighted by Gasteiger charge is -2.27. The van der Waals surface area contributed by atoms with E-state index in [4.69, 9.17) is 0 Å². The summed E-state index contributed by atoms with van der Waals surface area (Å²) in [6, 6.07) is 18.8. The quantitative estimate of drug-likeness (QED) is 0.915. The molecule has 22 heavy (non-hydrogen) atoms. The molecule has 2 N–H and O–H groups in total. The second kappa shape index (κ2) is 5.94. The highest BCUT2D eigenvalue weighted by atomic mass is 32.2. The van der Waals surface area contributed by atoms with Crippen molar-refractivity contribution in [2.24, 2.45) is 4.99 Å². The summed E-state index contributed by atoms with van der Waals surface area (Å²) in [5.41, 5.74) is 0.116. The van der Waals surface area contributed by atoms with Crippen molar-refractivity contribution in [2.45, 2.75) is 18.0 Å². The molecule has 0 saturated carbocycles. The molecule has 2 atom stereocenters. The van der Waals surface area contributed by atoms with Gasteiger partial charge in [0.25, 0.3) is 0 Å². The first-order chi connectivity index (χ1) is 10.6. The molecule has 0 aromatic heterocycles. The zero-order valence-electron chi connectivity index (χ0n) is 12.1. The highest BCUT2D eigenvalue weighted by molar-refractivity contribution is 8.15. The average Bonchev–Trinajstić information content (AvgIpc) is 2.87. The predicted octanol–water partition coefficient (Wildman–Crippen LogP) is 2.49. The molecule has 0 radical (unpaired) electrons. The standard InChI is InChI=1S/C17H16N2O2S/c1-12(20)18-16-17(21,14-10-6-3-7-11-14)19-15(22-16)13-8-4-2-5-9-13/h2-11,16,21H,1H3,(H,18,20). The van der Waals surface area contributed by atoms with E-state index in [1.807, 2.05) is 60.7 Å². The van der Waals surface area contributed by atoms with Gasteiger partial charge in [0.2, 0.25) is 11.6 Å². The maximum Gasteiger partial charge on any atom is 0.217 e. The number of aliphatic imine (C=N–C) groups is 1. The van der Waals surface area contributed by atoms with Crippen LogP contribution in [0.2, 0.25) is 0 Å². The molecule has 5 heteroatoms. The Morgan fingerprint density at radius 1 is 1.14 bits per heavy atom. The van der Waals surface area contributed by atoms with Crippen LogP contribution in [0, 0.1) is 0 Å². The highest BCUT2D eigenvalue weighted by Crippen LogP contribution is 2.41. The number of carbonyl (C=O) groups excluding carboxylic acids is 1. The lowest BCUT2D eigenvalue weighted by atomic mass is 10.0. The Morgan fingerprint density at radius 3 is 2.32 bits per heavy atom. The van der Waals surface area contributed by atoms with Crippen molar-refractivity contribution in [1.82, 2.24) is 5.32 Å². The maximum absolute atomic E-state index is 11.5. The van der Waals surface area contributed by atoms with Crippen LogP contribution in [-0.2, 0) is 10.5 Å². The summed E-state index contributed by atoms with van der Waals surface area (Å²) in [5.74, 6) is -0.198. The maximum atomic E-state index is 11.5. The van der Waals surface area contributed by atoms with Gasteiger partial charge >= 0.3 is 0 Å². The molecular weight excluding hydrogens is 296 g/mol. The van der Waals surface area contributed by atoms with Crippen molar-refractivity contribution in [3.05, 3.63) is 71.8 Å². The van der Waals surface area contributed by atoms with Gasteiger partial charge < -0.3 is 10.4 Å². The monoisotopic (exact) mass is 312 g/mol. The van der Waals surface area contributed by atoms with Crippen molar-refractivity contribution in [3.63, 3.8) is 0 Å². The summed E-state index contributed by atoms with van der Waals surface area (Å²) in [4.78, 5) is 16.0. The average molecular weight is 312 g/mol. The van der Waals surface area contributed by atoms with Crippen LogP contribution in [0.5, 0.6) is 0 Å². The van der Waals surface area contributed by atoms with E-state index < -0.39 is 11.1 Å².